The van der Waals surface area contributed by atoms with Crippen molar-refractivity contribution in [3.05, 3.63) is 65.7 Å². The molecule has 2 aromatic rings. The van der Waals surface area contributed by atoms with Crippen LogP contribution in [0.15, 0.2) is 48.5 Å². The van der Waals surface area contributed by atoms with Crippen molar-refractivity contribution in [2.75, 3.05) is 33.3 Å². The minimum absolute atomic E-state index is 0.0464. The number of carbonyl (C=O) groups is 2. The lowest BCUT2D eigenvalue weighted by molar-refractivity contribution is -0.899. The Hall–Kier alpha value is -3.21. The average molecular weight is 571 g/mol. The van der Waals surface area contributed by atoms with E-state index < -0.39 is 47.4 Å². The molecule has 0 N–H and O–H groups in total. The molecule has 1 saturated heterocycles. The Kier molecular flexibility index (Phi) is 9.02. The van der Waals surface area contributed by atoms with E-state index >= 15 is 0 Å². The van der Waals surface area contributed by atoms with Crippen LogP contribution in [0.3, 0.4) is 0 Å². The molecule has 2 aliphatic rings. The first-order valence-electron chi connectivity index (χ1n) is 13.4. The van der Waals surface area contributed by atoms with Crippen LogP contribution in [-0.2, 0) is 24.7 Å². The van der Waals surface area contributed by atoms with Gasteiger partial charge >= 0.3 is 18.1 Å². The summed E-state index contributed by atoms with van der Waals surface area (Å²) in [6, 6.07) is 10.9. The van der Waals surface area contributed by atoms with Gasteiger partial charge in [0.1, 0.15) is 12.4 Å². The molecule has 0 aromatic heterocycles. The number of carbonyl (C=O) groups excluding carboxylic acids is 2. The van der Waals surface area contributed by atoms with E-state index in [0.29, 0.717) is 62.6 Å². The van der Waals surface area contributed by atoms with E-state index in [1.807, 2.05) is 7.05 Å². The zero-order valence-electron chi connectivity index (χ0n) is 22.2. The molecule has 3 atom stereocenters. The third kappa shape index (κ3) is 6.74. The number of ether oxygens (including phenoxy) is 3. The molecule has 11 heteroatoms. The Morgan fingerprint density at radius 2 is 1.68 bits per heavy atom. The second-order valence-electron chi connectivity index (χ2n) is 10.8. The lowest BCUT2D eigenvalue weighted by Gasteiger charge is -2.37. The van der Waals surface area contributed by atoms with E-state index in [9.17, 15) is 31.5 Å². The topological polar surface area (TPSA) is 61.8 Å². The van der Waals surface area contributed by atoms with Crippen molar-refractivity contribution in [1.29, 1.82) is 0 Å². The second kappa shape index (κ2) is 12.1. The molecule has 0 radical (unpaired) electrons. The normalized spacial score (nSPS) is 23.0. The molecule has 2 aromatic carbocycles. The number of alkyl halides is 3. The van der Waals surface area contributed by atoms with E-state index in [-0.39, 0.29) is 17.9 Å². The minimum Gasteiger partial charge on any atom is -0.490 e. The highest BCUT2D eigenvalue weighted by molar-refractivity contribution is 5.87. The van der Waals surface area contributed by atoms with Crippen LogP contribution in [0, 0.1) is 17.6 Å². The molecule has 218 valence electrons. The van der Waals surface area contributed by atoms with Crippen molar-refractivity contribution < 1.29 is 50.2 Å². The van der Waals surface area contributed by atoms with Gasteiger partial charge in [0.05, 0.1) is 26.7 Å². The highest BCUT2D eigenvalue weighted by Crippen LogP contribution is 2.46. The molecule has 3 unspecified atom stereocenters. The van der Waals surface area contributed by atoms with E-state index in [2.05, 4.69) is 0 Å². The number of benzene rings is 2. The maximum atomic E-state index is 13.8. The third-order valence-electron chi connectivity index (χ3n) is 7.82. The number of likely N-dealkylation sites (tertiary alicyclic amines) is 1. The van der Waals surface area contributed by atoms with Crippen molar-refractivity contribution in [2.45, 2.75) is 56.4 Å². The van der Waals surface area contributed by atoms with Crippen LogP contribution in [0.2, 0.25) is 0 Å². The van der Waals surface area contributed by atoms with Crippen molar-refractivity contribution in [3.8, 4) is 5.75 Å². The SMILES string of the molecule is C[N+]1(CCCOc2ccc(F)cc2F)CCC(OC(=O)C(OC(=O)C(F)(F)F)(c2ccccc2)C2CCCC2)C1. The van der Waals surface area contributed by atoms with Crippen molar-refractivity contribution in [1.82, 2.24) is 0 Å². The van der Waals surface area contributed by atoms with Crippen molar-refractivity contribution >= 4 is 11.9 Å². The Bertz CT molecular complexity index is 1190. The lowest BCUT2D eigenvalue weighted by Crippen LogP contribution is -2.51. The number of hydrogen-bond acceptors (Lipinski definition) is 5. The molecule has 1 aliphatic carbocycles. The van der Waals surface area contributed by atoms with E-state index in [4.69, 9.17) is 14.2 Å². The maximum Gasteiger partial charge on any atom is 0.490 e. The van der Waals surface area contributed by atoms with Gasteiger partial charge in [0.25, 0.3) is 0 Å². The third-order valence-corrected chi connectivity index (χ3v) is 7.82. The number of rotatable bonds is 10. The predicted octanol–water partition coefficient (Wildman–Crippen LogP) is 5.69. The Morgan fingerprint density at radius 1 is 0.975 bits per heavy atom. The van der Waals surface area contributed by atoms with Gasteiger partial charge in [0, 0.05) is 30.4 Å². The predicted molar refractivity (Wildman–Crippen MR) is 134 cm³/mol. The van der Waals surface area contributed by atoms with E-state index in [0.717, 1.165) is 12.1 Å². The average Bonchev–Trinajstić information content (AvgIpc) is 3.57. The summed E-state index contributed by atoms with van der Waals surface area (Å²) in [7, 11) is 1.96. The number of esters is 2. The standard InChI is InChI=1S/C29H33F5NO5/c1-35(15-7-17-38-25-13-12-22(30)18-24(25)31)16-14-23(19-35)39-26(36)28(21-10-5-6-11-21,20-8-3-2-4-9-20)40-27(37)29(32,33)34/h2-4,8-9,12-13,18,21,23H,5-7,10-11,14-17,19H2,1H3/q+1. The summed E-state index contributed by atoms with van der Waals surface area (Å²) in [4.78, 5) is 25.9. The number of halogens is 5. The summed E-state index contributed by atoms with van der Waals surface area (Å²) in [5, 5.41) is 0. The maximum absolute atomic E-state index is 13.8. The monoisotopic (exact) mass is 570 g/mol. The molecule has 2 fully saturated rings. The van der Waals surface area contributed by atoms with Crippen LogP contribution < -0.4 is 4.74 Å². The molecule has 6 nitrogen and oxygen atoms in total. The summed E-state index contributed by atoms with van der Waals surface area (Å²) in [6.45, 7) is 1.83. The first-order chi connectivity index (χ1) is 18.9. The summed E-state index contributed by atoms with van der Waals surface area (Å²) in [5.41, 5.74) is -2.05. The van der Waals surface area contributed by atoms with E-state index in [1.54, 1.807) is 18.2 Å². The molecule has 0 spiro atoms. The highest BCUT2D eigenvalue weighted by atomic mass is 19.4. The van der Waals surface area contributed by atoms with Crippen molar-refractivity contribution in [2.24, 2.45) is 5.92 Å². The first kappa shape index (κ1) is 29.8. The zero-order valence-corrected chi connectivity index (χ0v) is 22.2. The molecular weight excluding hydrogens is 537 g/mol. The van der Waals surface area contributed by atoms with Gasteiger partial charge in [-0.1, -0.05) is 43.2 Å². The molecule has 1 saturated carbocycles. The van der Waals surface area contributed by atoms with Gasteiger partial charge in [-0.2, -0.15) is 13.2 Å². The first-order valence-corrected chi connectivity index (χ1v) is 13.4. The molecule has 1 aliphatic heterocycles. The molecule has 0 amide bonds. The van der Waals surface area contributed by atoms with Gasteiger partial charge in [0.15, 0.2) is 17.7 Å². The zero-order chi connectivity index (χ0) is 29.0. The van der Waals surface area contributed by atoms with Gasteiger partial charge in [-0.3, -0.25) is 0 Å². The van der Waals surface area contributed by atoms with Gasteiger partial charge in [-0.05, 0) is 25.0 Å². The quantitative estimate of drug-likeness (QED) is 0.159. The Labute approximate surface area is 229 Å². The molecule has 4 rings (SSSR count). The van der Waals surface area contributed by atoms with Crippen LogP contribution in [0.4, 0.5) is 22.0 Å². The van der Waals surface area contributed by atoms with Crippen LogP contribution in [0.1, 0.15) is 44.1 Å². The lowest BCUT2D eigenvalue weighted by atomic mass is 9.79. The van der Waals surface area contributed by atoms with Gasteiger partial charge in [0.2, 0.25) is 5.60 Å². The number of quaternary nitrogens is 1. The highest BCUT2D eigenvalue weighted by Gasteiger charge is 2.57. The van der Waals surface area contributed by atoms with Crippen molar-refractivity contribution in [3.63, 3.8) is 0 Å². The van der Waals surface area contributed by atoms with Crippen LogP contribution >= 0.6 is 0 Å². The summed E-state index contributed by atoms with van der Waals surface area (Å²) >= 11 is 0. The summed E-state index contributed by atoms with van der Waals surface area (Å²) in [5.74, 6) is -5.60. The second-order valence-corrected chi connectivity index (χ2v) is 10.8. The fraction of sp³-hybridized carbons (Fsp3) is 0.517. The fourth-order valence-corrected chi connectivity index (χ4v) is 5.82. The van der Waals surface area contributed by atoms with Gasteiger partial charge < -0.3 is 18.7 Å². The van der Waals surface area contributed by atoms with E-state index in [1.165, 1.54) is 18.2 Å². The number of nitrogens with zero attached hydrogens (tertiary/aromatic N) is 1. The largest absolute Gasteiger partial charge is 0.490 e. The summed E-state index contributed by atoms with van der Waals surface area (Å²) in [6.07, 6.45) is -2.64. The molecule has 0 bridgehead atoms. The smallest absolute Gasteiger partial charge is 0.490 e. The van der Waals surface area contributed by atoms with Crippen LogP contribution in [0.5, 0.6) is 5.75 Å². The molecule has 40 heavy (non-hydrogen) atoms. The number of hydrogen-bond donors (Lipinski definition) is 0. The van der Waals surface area contributed by atoms with Crippen LogP contribution in [-0.4, -0.2) is 62.0 Å². The minimum atomic E-state index is -5.28. The Morgan fingerprint density at radius 3 is 2.33 bits per heavy atom. The number of likely N-dealkylation sites (N-methyl/N-ethyl adjacent to an activating group) is 1. The molecular formula is C29H33F5NO5+. The van der Waals surface area contributed by atoms with Crippen LogP contribution in [0.25, 0.3) is 0 Å². The summed E-state index contributed by atoms with van der Waals surface area (Å²) < 4.78 is 83.9. The van der Waals surface area contributed by atoms with Gasteiger partial charge in [-0.15, -0.1) is 0 Å². The fourth-order valence-electron chi connectivity index (χ4n) is 5.82. The Balaban J connectivity index is 1.44. The van der Waals surface area contributed by atoms with Gasteiger partial charge in [-0.25, -0.2) is 18.4 Å². The molecule has 1 heterocycles.